The lowest BCUT2D eigenvalue weighted by molar-refractivity contribution is -0.121. The highest BCUT2D eigenvalue weighted by Gasteiger charge is 2.25. The molecule has 2 aromatic carbocycles. The van der Waals surface area contributed by atoms with Crippen molar-refractivity contribution in [1.82, 2.24) is 4.90 Å². The van der Waals surface area contributed by atoms with E-state index in [1.165, 1.54) is 13.2 Å². The molecule has 1 N–H and O–H groups in total. The molecule has 3 rings (SSSR count). The van der Waals surface area contributed by atoms with Crippen LogP contribution in [-0.4, -0.2) is 37.0 Å². The fraction of sp³-hybridized carbons (Fsp3) is 0.333. The summed E-state index contributed by atoms with van der Waals surface area (Å²) in [5, 5.41) is 2.88. The van der Waals surface area contributed by atoms with Gasteiger partial charge in [-0.1, -0.05) is 24.3 Å². The minimum atomic E-state index is -0.437. The minimum absolute atomic E-state index is 0.0532. The van der Waals surface area contributed by atoms with Crippen molar-refractivity contribution in [2.24, 2.45) is 5.92 Å². The van der Waals surface area contributed by atoms with Crippen LogP contribution in [0.2, 0.25) is 0 Å². The molecule has 142 valence electrons. The molecule has 1 saturated heterocycles. The Labute approximate surface area is 158 Å². The second-order valence-electron chi connectivity index (χ2n) is 6.70. The van der Waals surface area contributed by atoms with E-state index in [0.29, 0.717) is 23.4 Å². The number of halogens is 1. The molecular weight excluding hydrogens is 347 g/mol. The monoisotopic (exact) mass is 370 g/mol. The summed E-state index contributed by atoms with van der Waals surface area (Å²) in [5.74, 6) is -0.776. The lowest BCUT2D eigenvalue weighted by Gasteiger charge is -2.31. The van der Waals surface area contributed by atoms with Crippen molar-refractivity contribution in [3.05, 3.63) is 65.5 Å². The Morgan fingerprint density at radius 2 is 1.89 bits per heavy atom. The van der Waals surface area contributed by atoms with Gasteiger partial charge in [-0.2, -0.15) is 0 Å². The molecule has 0 aromatic heterocycles. The van der Waals surface area contributed by atoms with Gasteiger partial charge in [0.25, 0.3) is 0 Å². The lowest BCUT2D eigenvalue weighted by atomic mass is 9.95. The highest BCUT2D eigenvalue weighted by Crippen LogP contribution is 2.22. The van der Waals surface area contributed by atoms with Crippen LogP contribution in [0.1, 0.15) is 28.8 Å². The third-order valence-corrected chi connectivity index (χ3v) is 4.86. The second-order valence-corrected chi connectivity index (χ2v) is 6.70. The summed E-state index contributed by atoms with van der Waals surface area (Å²) in [6.45, 7) is 2.05. The van der Waals surface area contributed by atoms with Crippen LogP contribution in [0.5, 0.6) is 0 Å². The van der Waals surface area contributed by atoms with Gasteiger partial charge in [-0.3, -0.25) is 9.69 Å². The Morgan fingerprint density at radius 3 is 2.59 bits per heavy atom. The first-order chi connectivity index (χ1) is 13.1. The number of methoxy groups -OCH3 is 1. The van der Waals surface area contributed by atoms with Crippen LogP contribution in [-0.2, 0) is 16.1 Å². The number of likely N-dealkylation sites (tertiary alicyclic amines) is 1. The molecule has 1 aliphatic rings. The van der Waals surface area contributed by atoms with E-state index in [2.05, 4.69) is 10.2 Å². The largest absolute Gasteiger partial charge is 0.465 e. The van der Waals surface area contributed by atoms with Gasteiger partial charge < -0.3 is 10.1 Å². The molecule has 1 fully saturated rings. The molecule has 0 unspecified atom stereocenters. The Hall–Kier alpha value is -2.73. The first kappa shape index (κ1) is 19.0. The number of amides is 1. The summed E-state index contributed by atoms with van der Waals surface area (Å²) in [6, 6.07) is 13.5. The maximum atomic E-state index is 13.8. The number of rotatable bonds is 5. The second kappa shape index (κ2) is 8.77. The predicted molar refractivity (Wildman–Crippen MR) is 101 cm³/mol. The number of nitrogens with zero attached hydrogens (tertiary/aromatic N) is 1. The summed E-state index contributed by atoms with van der Waals surface area (Å²) in [6.07, 6.45) is 1.44. The molecule has 0 radical (unpaired) electrons. The summed E-state index contributed by atoms with van der Waals surface area (Å²) >= 11 is 0. The number of carbonyl (C=O) groups excluding carboxylic acids is 2. The fourth-order valence-corrected chi connectivity index (χ4v) is 3.31. The van der Waals surface area contributed by atoms with Crippen LogP contribution >= 0.6 is 0 Å². The number of carbonyl (C=O) groups is 2. The van der Waals surface area contributed by atoms with Crippen molar-refractivity contribution in [2.45, 2.75) is 19.4 Å². The van der Waals surface area contributed by atoms with Gasteiger partial charge in [0.05, 0.1) is 12.7 Å². The minimum Gasteiger partial charge on any atom is -0.465 e. The van der Waals surface area contributed by atoms with E-state index in [0.717, 1.165) is 25.9 Å². The van der Waals surface area contributed by atoms with Crippen LogP contribution < -0.4 is 5.32 Å². The molecule has 5 nitrogen and oxygen atoms in total. The maximum Gasteiger partial charge on any atom is 0.337 e. The summed E-state index contributed by atoms with van der Waals surface area (Å²) in [7, 11) is 1.32. The topological polar surface area (TPSA) is 58.6 Å². The van der Waals surface area contributed by atoms with Gasteiger partial charge in [0.15, 0.2) is 0 Å². The summed E-state index contributed by atoms with van der Waals surface area (Å²) in [5.41, 5.74) is 1.66. The third-order valence-electron chi connectivity index (χ3n) is 4.86. The quantitative estimate of drug-likeness (QED) is 0.819. The van der Waals surface area contributed by atoms with E-state index in [1.54, 1.807) is 36.4 Å². The van der Waals surface area contributed by atoms with Gasteiger partial charge in [0.1, 0.15) is 5.82 Å². The van der Waals surface area contributed by atoms with Gasteiger partial charge in [0, 0.05) is 23.7 Å². The molecule has 1 amide bonds. The molecule has 0 spiro atoms. The smallest absolute Gasteiger partial charge is 0.337 e. The van der Waals surface area contributed by atoms with Crippen LogP contribution in [0.4, 0.5) is 10.1 Å². The first-order valence-electron chi connectivity index (χ1n) is 9.02. The molecule has 0 bridgehead atoms. The SMILES string of the molecule is COC(=O)c1cccc(NC(=O)C2CCN(Cc3ccccc3F)CC2)c1. The zero-order valence-electron chi connectivity index (χ0n) is 15.3. The molecule has 0 aliphatic carbocycles. The number of benzene rings is 2. The maximum absolute atomic E-state index is 13.8. The number of piperidine rings is 1. The van der Waals surface area contributed by atoms with Gasteiger partial charge in [-0.25, -0.2) is 9.18 Å². The lowest BCUT2D eigenvalue weighted by Crippen LogP contribution is -2.37. The van der Waals surface area contributed by atoms with Crippen molar-refractivity contribution in [2.75, 3.05) is 25.5 Å². The van der Waals surface area contributed by atoms with Gasteiger partial charge in [0.2, 0.25) is 5.91 Å². The molecule has 6 heteroatoms. The van der Waals surface area contributed by atoms with Crippen molar-refractivity contribution in [3.8, 4) is 0 Å². The van der Waals surface area contributed by atoms with Crippen molar-refractivity contribution in [1.29, 1.82) is 0 Å². The number of nitrogens with one attached hydrogen (secondary N) is 1. The molecule has 1 heterocycles. The van der Waals surface area contributed by atoms with Crippen LogP contribution in [0.25, 0.3) is 0 Å². The van der Waals surface area contributed by atoms with Gasteiger partial charge in [-0.05, 0) is 50.2 Å². The van der Waals surface area contributed by atoms with Crippen molar-refractivity contribution < 1.29 is 18.7 Å². The normalized spacial score (nSPS) is 15.3. The van der Waals surface area contributed by atoms with Crippen LogP contribution in [0.3, 0.4) is 0 Å². The van der Waals surface area contributed by atoms with Gasteiger partial charge in [-0.15, -0.1) is 0 Å². The van der Waals surface area contributed by atoms with Crippen molar-refractivity contribution >= 4 is 17.6 Å². The molecule has 27 heavy (non-hydrogen) atoms. The predicted octanol–water partition coefficient (Wildman–Crippen LogP) is 3.46. The highest BCUT2D eigenvalue weighted by atomic mass is 19.1. The molecule has 0 atom stereocenters. The molecule has 0 saturated carbocycles. The Kier molecular flexibility index (Phi) is 6.19. The zero-order valence-corrected chi connectivity index (χ0v) is 15.3. The van der Waals surface area contributed by atoms with E-state index < -0.39 is 5.97 Å². The molecule has 1 aliphatic heterocycles. The Morgan fingerprint density at radius 1 is 1.15 bits per heavy atom. The first-order valence-corrected chi connectivity index (χ1v) is 9.02. The van der Waals surface area contributed by atoms with Crippen LogP contribution in [0.15, 0.2) is 48.5 Å². The highest BCUT2D eigenvalue weighted by molar-refractivity contribution is 5.95. The molecular formula is C21H23FN2O3. The number of ether oxygens (including phenoxy) is 1. The van der Waals surface area contributed by atoms with Crippen LogP contribution in [0, 0.1) is 11.7 Å². The Balaban J connectivity index is 1.53. The zero-order chi connectivity index (χ0) is 19.2. The average Bonchev–Trinajstić information content (AvgIpc) is 2.70. The number of anilines is 1. The average molecular weight is 370 g/mol. The summed E-state index contributed by atoms with van der Waals surface area (Å²) in [4.78, 5) is 26.3. The Bertz CT molecular complexity index is 817. The van der Waals surface area contributed by atoms with E-state index in [9.17, 15) is 14.0 Å². The third kappa shape index (κ3) is 4.92. The number of esters is 1. The molecule has 2 aromatic rings. The number of hydrogen-bond acceptors (Lipinski definition) is 4. The van der Waals surface area contributed by atoms with E-state index in [1.807, 2.05) is 6.07 Å². The van der Waals surface area contributed by atoms with E-state index >= 15 is 0 Å². The number of hydrogen-bond donors (Lipinski definition) is 1. The standard InChI is InChI=1S/C21H23FN2O3/c1-27-21(26)16-6-4-7-18(13-16)23-20(25)15-9-11-24(12-10-15)14-17-5-2-3-8-19(17)22/h2-8,13,15H,9-12,14H2,1H3,(H,23,25). The van der Waals surface area contributed by atoms with Crippen molar-refractivity contribution in [3.63, 3.8) is 0 Å². The fourth-order valence-electron chi connectivity index (χ4n) is 3.31. The van der Waals surface area contributed by atoms with Gasteiger partial charge >= 0.3 is 5.97 Å². The summed E-state index contributed by atoms with van der Waals surface area (Å²) < 4.78 is 18.5. The van der Waals surface area contributed by atoms with E-state index in [4.69, 9.17) is 4.74 Å². The van der Waals surface area contributed by atoms with E-state index in [-0.39, 0.29) is 17.6 Å².